The topological polar surface area (TPSA) is 46.3 Å². The van der Waals surface area contributed by atoms with E-state index in [2.05, 4.69) is 0 Å². The SMILES string of the molecule is N[C@@H]1CCN(C(=O)c2ccc(F)cc2Cl)C1. The fraction of sp³-hybridized carbons (Fsp3) is 0.364. The monoisotopic (exact) mass is 242 g/mol. The van der Waals surface area contributed by atoms with Crippen molar-refractivity contribution in [2.24, 2.45) is 5.73 Å². The van der Waals surface area contributed by atoms with Crippen molar-refractivity contribution in [2.45, 2.75) is 12.5 Å². The van der Waals surface area contributed by atoms with E-state index in [0.29, 0.717) is 18.7 Å². The minimum Gasteiger partial charge on any atom is -0.337 e. The highest BCUT2D eigenvalue weighted by molar-refractivity contribution is 6.33. The van der Waals surface area contributed by atoms with Crippen molar-refractivity contribution in [2.75, 3.05) is 13.1 Å². The Morgan fingerprint density at radius 1 is 1.56 bits per heavy atom. The van der Waals surface area contributed by atoms with Gasteiger partial charge >= 0.3 is 0 Å². The summed E-state index contributed by atoms with van der Waals surface area (Å²) in [5.41, 5.74) is 6.05. The number of benzene rings is 1. The van der Waals surface area contributed by atoms with E-state index in [1.54, 1.807) is 4.90 Å². The average Bonchev–Trinajstić information content (AvgIpc) is 2.64. The number of nitrogens with two attached hydrogens (primary N) is 1. The van der Waals surface area contributed by atoms with E-state index < -0.39 is 5.82 Å². The first-order valence-electron chi connectivity index (χ1n) is 5.08. The molecule has 1 heterocycles. The van der Waals surface area contributed by atoms with Crippen molar-refractivity contribution in [3.63, 3.8) is 0 Å². The lowest BCUT2D eigenvalue weighted by molar-refractivity contribution is 0.0791. The Bertz CT molecular complexity index is 424. The zero-order valence-corrected chi connectivity index (χ0v) is 9.38. The summed E-state index contributed by atoms with van der Waals surface area (Å²) in [5, 5.41) is 0.144. The van der Waals surface area contributed by atoms with Gasteiger partial charge in [-0.25, -0.2) is 4.39 Å². The zero-order chi connectivity index (χ0) is 11.7. The van der Waals surface area contributed by atoms with Gasteiger partial charge in [-0.05, 0) is 24.6 Å². The van der Waals surface area contributed by atoms with Crippen LogP contribution in [0.15, 0.2) is 18.2 Å². The molecule has 0 radical (unpaired) electrons. The molecular weight excluding hydrogens is 231 g/mol. The summed E-state index contributed by atoms with van der Waals surface area (Å²) >= 11 is 5.82. The number of likely N-dealkylation sites (tertiary alicyclic amines) is 1. The summed E-state index contributed by atoms with van der Waals surface area (Å²) in [4.78, 5) is 13.6. The first-order chi connectivity index (χ1) is 7.58. The number of hydrogen-bond acceptors (Lipinski definition) is 2. The van der Waals surface area contributed by atoms with Crippen molar-refractivity contribution in [1.82, 2.24) is 4.90 Å². The van der Waals surface area contributed by atoms with Crippen LogP contribution < -0.4 is 5.73 Å². The van der Waals surface area contributed by atoms with Gasteiger partial charge in [-0.1, -0.05) is 11.6 Å². The van der Waals surface area contributed by atoms with Gasteiger partial charge in [0.2, 0.25) is 0 Å². The highest BCUT2D eigenvalue weighted by Crippen LogP contribution is 2.20. The fourth-order valence-corrected chi connectivity index (χ4v) is 2.05. The van der Waals surface area contributed by atoms with Gasteiger partial charge in [0.25, 0.3) is 5.91 Å². The molecule has 1 aromatic carbocycles. The molecule has 2 N–H and O–H groups in total. The summed E-state index contributed by atoms with van der Waals surface area (Å²) in [5.74, 6) is -0.627. The van der Waals surface area contributed by atoms with Gasteiger partial charge < -0.3 is 10.6 Å². The van der Waals surface area contributed by atoms with Crippen molar-refractivity contribution in [3.05, 3.63) is 34.6 Å². The average molecular weight is 243 g/mol. The van der Waals surface area contributed by atoms with Gasteiger partial charge in [-0.15, -0.1) is 0 Å². The molecule has 5 heteroatoms. The first-order valence-corrected chi connectivity index (χ1v) is 5.45. The largest absolute Gasteiger partial charge is 0.337 e. The molecule has 2 rings (SSSR count). The molecule has 0 saturated carbocycles. The molecule has 16 heavy (non-hydrogen) atoms. The fourth-order valence-electron chi connectivity index (χ4n) is 1.81. The van der Waals surface area contributed by atoms with Gasteiger partial charge in [0.1, 0.15) is 5.82 Å². The molecule has 3 nitrogen and oxygen atoms in total. The summed E-state index contributed by atoms with van der Waals surface area (Å²) in [6.07, 6.45) is 0.796. The van der Waals surface area contributed by atoms with Crippen LogP contribution >= 0.6 is 11.6 Å². The normalized spacial score (nSPS) is 20.2. The Morgan fingerprint density at radius 3 is 2.88 bits per heavy atom. The predicted octanol–water partition coefficient (Wildman–Crippen LogP) is 1.65. The Labute approximate surface area is 98.0 Å². The second-order valence-corrected chi connectivity index (χ2v) is 4.33. The van der Waals surface area contributed by atoms with Crippen LogP contribution in [-0.2, 0) is 0 Å². The molecule has 1 aliphatic heterocycles. The molecule has 0 aliphatic carbocycles. The van der Waals surface area contributed by atoms with E-state index in [1.165, 1.54) is 12.1 Å². The van der Waals surface area contributed by atoms with Gasteiger partial charge in [-0.2, -0.15) is 0 Å². The summed E-state index contributed by atoms with van der Waals surface area (Å²) in [6.45, 7) is 1.17. The first kappa shape index (κ1) is 11.4. The number of nitrogens with zero attached hydrogens (tertiary/aromatic N) is 1. The molecule has 0 bridgehead atoms. The van der Waals surface area contributed by atoms with Gasteiger partial charge in [0.05, 0.1) is 10.6 Å². The Morgan fingerprint density at radius 2 is 2.31 bits per heavy atom. The van der Waals surface area contributed by atoms with Crippen molar-refractivity contribution in [1.29, 1.82) is 0 Å². The van der Waals surface area contributed by atoms with Crippen LogP contribution in [0.1, 0.15) is 16.8 Å². The minimum atomic E-state index is -0.445. The molecule has 0 spiro atoms. The smallest absolute Gasteiger partial charge is 0.255 e. The Balaban J connectivity index is 2.21. The van der Waals surface area contributed by atoms with Crippen molar-refractivity contribution < 1.29 is 9.18 Å². The zero-order valence-electron chi connectivity index (χ0n) is 8.62. The highest BCUT2D eigenvalue weighted by Gasteiger charge is 2.25. The third-order valence-electron chi connectivity index (χ3n) is 2.67. The number of carbonyl (C=O) groups excluding carboxylic acids is 1. The molecular formula is C11H12ClFN2O. The molecule has 1 aliphatic rings. The second-order valence-electron chi connectivity index (χ2n) is 3.92. The van der Waals surface area contributed by atoms with Crippen LogP contribution in [0, 0.1) is 5.82 Å². The van der Waals surface area contributed by atoms with E-state index in [1.807, 2.05) is 0 Å². The molecule has 1 saturated heterocycles. The maximum absolute atomic E-state index is 12.8. The van der Waals surface area contributed by atoms with Crippen molar-refractivity contribution >= 4 is 17.5 Å². The third-order valence-corrected chi connectivity index (χ3v) is 2.99. The molecule has 1 fully saturated rings. The molecule has 1 amide bonds. The van der Waals surface area contributed by atoms with Crippen LogP contribution in [0.25, 0.3) is 0 Å². The van der Waals surface area contributed by atoms with Crippen molar-refractivity contribution in [3.8, 4) is 0 Å². The van der Waals surface area contributed by atoms with E-state index in [0.717, 1.165) is 12.5 Å². The standard InChI is InChI=1S/C11H12ClFN2O/c12-10-5-7(13)1-2-9(10)11(16)15-4-3-8(14)6-15/h1-2,5,8H,3-4,6,14H2/t8-/m1/s1. The molecule has 86 valence electrons. The Kier molecular flexibility index (Phi) is 3.12. The van der Waals surface area contributed by atoms with E-state index in [9.17, 15) is 9.18 Å². The number of halogens is 2. The number of rotatable bonds is 1. The number of hydrogen-bond donors (Lipinski definition) is 1. The number of carbonyl (C=O) groups is 1. The molecule has 1 aromatic rings. The van der Waals surface area contributed by atoms with Crippen LogP contribution in [0.4, 0.5) is 4.39 Å². The summed E-state index contributed by atoms with van der Waals surface area (Å²) < 4.78 is 12.8. The van der Waals surface area contributed by atoms with Crippen LogP contribution in [0.2, 0.25) is 5.02 Å². The lowest BCUT2D eigenvalue weighted by Crippen LogP contribution is -2.32. The van der Waals surface area contributed by atoms with Gasteiger partial charge in [0.15, 0.2) is 0 Å². The lowest BCUT2D eigenvalue weighted by atomic mass is 10.2. The molecule has 0 unspecified atom stereocenters. The quantitative estimate of drug-likeness (QED) is 0.814. The van der Waals surface area contributed by atoms with Crippen LogP contribution in [0.3, 0.4) is 0 Å². The Hall–Kier alpha value is -1.13. The molecule has 1 atom stereocenters. The maximum atomic E-state index is 12.8. The van der Waals surface area contributed by atoms with E-state index >= 15 is 0 Å². The molecule has 0 aromatic heterocycles. The summed E-state index contributed by atoms with van der Waals surface area (Å²) in [7, 11) is 0. The maximum Gasteiger partial charge on any atom is 0.255 e. The lowest BCUT2D eigenvalue weighted by Gasteiger charge is -2.16. The van der Waals surface area contributed by atoms with E-state index in [-0.39, 0.29) is 17.0 Å². The summed E-state index contributed by atoms with van der Waals surface area (Å²) in [6, 6.07) is 3.81. The second kappa shape index (κ2) is 4.39. The van der Waals surface area contributed by atoms with Crippen LogP contribution in [0.5, 0.6) is 0 Å². The minimum absolute atomic E-state index is 0.0307. The van der Waals surface area contributed by atoms with Gasteiger partial charge in [-0.3, -0.25) is 4.79 Å². The predicted molar refractivity (Wildman–Crippen MR) is 59.9 cm³/mol. The third kappa shape index (κ3) is 2.18. The highest BCUT2D eigenvalue weighted by atomic mass is 35.5. The van der Waals surface area contributed by atoms with Crippen LogP contribution in [-0.4, -0.2) is 29.9 Å². The number of amides is 1. The van der Waals surface area contributed by atoms with E-state index in [4.69, 9.17) is 17.3 Å². The van der Waals surface area contributed by atoms with Gasteiger partial charge in [0, 0.05) is 19.1 Å².